The van der Waals surface area contributed by atoms with Crippen molar-refractivity contribution >= 4 is 15.9 Å². The fraction of sp³-hybridized carbons (Fsp3) is 0.538. The average molecular weight is 284 g/mol. The first kappa shape index (κ1) is 12.1. The standard InChI is InChI=1S/C13H18BrNO/c1-16-13(10-4-5-10)12(15)8-9-2-6-11(14)7-3-9/h2-3,6-7,10,12-13H,4-5,8,15H2,1H3. The summed E-state index contributed by atoms with van der Waals surface area (Å²) in [7, 11) is 1.77. The van der Waals surface area contributed by atoms with E-state index in [1.54, 1.807) is 7.11 Å². The predicted molar refractivity (Wildman–Crippen MR) is 69.3 cm³/mol. The second-order valence-corrected chi connectivity index (χ2v) is 5.45. The molecule has 0 heterocycles. The van der Waals surface area contributed by atoms with E-state index in [-0.39, 0.29) is 12.1 Å². The summed E-state index contributed by atoms with van der Waals surface area (Å²) >= 11 is 3.43. The Morgan fingerprint density at radius 1 is 1.38 bits per heavy atom. The van der Waals surface area contributed by atoms with Crippen LogP contribution in [0.3, 0.4) is 0 Å². The average Bonchev–Trinajstić information content (AvgIpc) is 3.07. The summed E-state index contributed by atoms with van der Waals surface area (Å²) < 4.78 is 6.60. The van der Waals surface area contributed by atoms with E-state index < -0.39 is 0 Å². The summed E-state index contributed by atoms with van der Waals surface area (Å²) in [6.07, 6.45) is 3.66. The van der Waals surface area contributed by atoms with E-state index in [0.717, 1.165) is 10.9 Å². The maximum absolute atomic E-state index is 6.20. The van der Waals surface area contributed by atoms with Crippen molar-refractivity contribution in [2.45, 2.75) is 31.4 Å². The molecule has 0 spiro atoms. The molecule has 2 N–H and O–H groups in total. The third-order valence-corrected chi connectivity index (χ3v) is 3.69. The molecular formula is C13H18BrNO. The number of halogens is 1. The third-order valence-electron chi connectivity index (χ3n) is 3.17. The van der Waals surface area contributed by atoms with Gasteiger partial charge in [0.2, 0.25) is 0 Å². The molecule has 16 heavy (non-hydrogen) atoms. The lowest BCUT2D eigenvalue weighted by Gasteiger charge is -2.22. The molecule has 0 aromatic heterocycles. The second kappa shape index (κ2) is 5.30. The van der Waals surface area contributed by atoms with Crippen LogP contribution < -0.4 is 5.73 Å². The lowest BCUT2D eigenvalue weighted by molar-refractivity contribution is 0.0627. The monoisotopic (exact) mass is 283 g/mol. The molecule has 2 nitrogen and oxygen atoms in total. The topological polar surface area (TPSA) is 35.2 Å². The minimum atomic E-state index is 0.110. The fourth-order valence-corrected chi connectivity index (χ4v) is 2.41. The van der Waals surface area contributed by atoms with Crippen molar-refractivity contribution in [1.29, 1.82) is 0 Å². The molecule has 2 rings (SSSR count). The minimum absolute atomic E-state index is 0.110. The molecule has 1 aliphatic rings. The Labute approximate surface area is 105 Å². The lowest BCUT2D eigenvalue weighted by atomic mass is 9.99. The van der Waals surface area contributed by atoms with Gasteiger partial charge in [-0.1, -0.05) is 28.1 Å². The Hall–Kier alpha value is -0.380. The predicted octanol–water partition coefficient (Wildman–Crippen LogP) is 2.74. The molecule has 2 atom stereocenters. The summed E-state index contributed by atoms with van der Waals surface area (Å²) in [6, 6.07) is 8.45. The van der Waals surface area contributed by atoms with E-state index in [4.69, 9.17) is 10.5 Å². The molecule has 0 aliphatic heterocycles. The number of methoxy groups -OCH3 is 1. The van der Waals surface area contributed by atoms with Crippen molar-refractivity contribution in [3.8, 4) is 0 Å². The summed E-state index contributed by atoms with van der Waals surface area (Å²) in [5, 5.41) is 0. The van der Waals surface area contributed by atoms with Crippen LogP contribution in [0.1, 0.15) is 18.4 Å². The lowest BCUT2D eigenvalue weighted by Crippen LogP contribution is -2.39. The first-order valence-corrected chi connectivity index (χ1v) is 6.53. The van der Waals surface area contributed by atoms with Crippen LogP contribution in [0, 0.1) is 5.92 Å². The molecule has 1 saturated carbocycles. The number of rotatable bonds is 5. The van der Waals surface area contributed by atoms with Crippen LogP contribution in [0.4, 0.5) is 0 Å². The Bertz CT molecular complexity index is 334. The second-order valence-electron chi connectivity index (χ2n) is 4.53. The van der Waals surface area contributed by atoms with Gasteiger partial charge in [-0.2, -0.15) is 0 Å². The molecule has 1 aromatic carbocycles. The molecule has 0 radical (unpaired) electrons. The van der Waals surface area contributed by atoms with Crippen LogP contribution in [0.25, 0.3) is 0 Å². The molecule has 1 fully saturated rings. The molecule has 0 amide bonds. The number of ether oxygens (including phenoxy) is 1. The van der Waals surface area contributed by atoms with Gasteiger partial charge >= 0.3 is 0 Å². The molecule has 3 heteroatoms. The first-order chi connectivity index (χ1) is 7.70. The molecule has 88 valence electrons. The van der Waals surface area contributed by atoms with E-state index in [9.17, 15) is 0 Å². The van der Waals surface area contributed by atoms with Crippen LogP contribution in [0.5, 0.6) is 0 Å². The molecule has 2 unspecified atom stereocenters. The molecular weight excluding hydrogens is 266 g/mol. The number of hydrogen-bond donors (Lipinski definition) is 1. The van der Waals surface area contributed by atoms with E-state index in [1.165, 1.54) is 18.4 Å². The van der Waals surface area contributed by atoms with Gasteiger partial charge in [-0.15, -0.1) is 0 Å². The smallest absolute Gasteiger partial charge is 0.0753 e. The van der Waals surface area contributed by atoms with Gasteiger partial charge in [0.15, 0.2) is 0 Å². The largest absolute Gasteiger partial charge is 0.380 e. The fourth-order valence-electron chi connectivity index (χ4n) is 2.15. The molecule has 1 aromatic rings. The van der Waals surface area contributed by atoms with Crippen LogP contribution in [-0.4, -0.2) is 19.3 Å². The molecule has 1 aliphatic carbocycles. The summed E-state index contributed by atoms with van der Waals surface area (Å²) in [6.45, 7) is 0. The summed E-state index contributed by atoms with van der Waals surface area (Å²) in [4.78, 5) is 0. The SMILES string of the molecule is COC(C(N)Cc1ccc(Br)cc1)C1CC1. The number of benzene rings is 1. The quantitative estimate of drug-likeness (QED) is 0.902. The van der Waals surface area contributed by atoms with Crippen molar-refractivity contribution in [2.24, 2.45) is 11.7 Å². The van der Waals surface area contributed by atoms with Crippen molar-refractivity contribution < 1.29 is 4.74 Å². The Morgan fingerprint density at radius 3 is 2.50 bits per heavy atom. The van der Waals surface area contributed by atoms with Crippen LogP contribution >= 0.6 is 15.9 Å². The Balaban J connectivity index is 1.94. The van der Waals surface area contributed by atoms with Crippen LogP contribution in [-0.2, 0) is 11.2 Å². The maximum Gasteiger partial charge on any atom is 0.0753 e. The van der Waals surface area contributed by atoms with E-state index >= 15 is 0 Å². The van der Waals surface area contributed by atoms with Crippen molar-refractivity contribution in [3.63, 3.8) is 0 Å². The highest BCUT2D eigenvalue weighted by Gasteiger charge is 2.35. The number of hydrogen-bond acceptors (Lipinski definition) is 2. The maximum atomic E-state index is 6.20. The van der Waals surface area contributed by atoms with Gasteiger partial charge in [-0.3, -0.25) is 0 Å². The van der Waals surface area contributed by atoms with Crippen molar-refractivity contribution in [1.82, 2.24) is 0 Å². The normalized spacial score (nSPS) is 19.4. The van der Waals surface area contributed by atoms with Crippen LogP contribution in [0.15, 0.2) is 28.7 Å². The zero-order valence-corrected chi connectivity index (χ0v) is 11.1. The molecule has 0 bridgehead atoms. The Kier molecular flexibility index (Phi) is 4.00. The first-order valence-electron chi connectivity index (χ1n) is 5.73. The van der Waals surface area contributed by atoms with Gasteiger partial charge < -0.3 is 10.5 Å². The van der Waals surface area contributed by atoms with Gasteiger partial charge in [-0.25, -0.2) is 0 Å². The summed E-state index contributed by atoms with van der Waals surface area (Å²) in [5.41, 5.74) is 7.48. The zero-order chi connectivity index (χ0) is 11.5. The van der Waals surface area contributed by atoms with Crippen molar-refractivity contribution in [2.75, 3.05) is 7.11 Å². The zero-order valence-electron chi connectivity index (χ0n) is 9.53. The Morgan fingerprint density at radius 2 is 2.00 bits per heavy atom. The van der Waals surface area contributed by atoms with E-state index in [0.29, 0.717) is 5.92 Å². The third kappa shape index (κ3) is 3.06. The van der Waals surface area contributed by atoms with Gasteiger partial charge in [0.1, 0.15) is 0 Å². The highest BCUT2D eigenvalue weighted by atomic mass is 79.9. The van der Waals surface area contributed by atoms with Gasteiger partial charge in [0, 0.05) is 17.6 Å². The van der Waals surface area contributed by atoms with E-state index in [1.807, 2.05) is 0 Å². The number of nitrogens with two attached hydrogens (primary N) is 1. The van der Waals surface area contributed by atoms with E-state index in [2.05, 4.69) is 40.2 Å². The van der Waals surface area contributed by atoms with Crippen molar-refractivity contribution in [3.05, 3.63) is 34.3 Å². The molecule has 0 saturated heterocycles. The highest BCUT2D eigenvalue weighted by molar-refractivity contribution is 9.10. The van der Waals surface area contributed by atoms with Gasteiger partial charge in [0.05, 0.1) is 6.10 Å². The van der Waals surface area contributed by atoms with Gasteiger partial charge in [-0.05, 0) is 42.9 Å². The minimum Gasteiger partial charge on any atom is -0.380 e. The highest BCUT2D eigenvalue weighted by Crippen LogP contribution is 2.35. The summed E-state index contributed by atoms with van der Waals surface area (Å²) in [5.74, 6) is 0.690. The van der Waals surface area contributed by atoms with Crippen LogP contribution in [0.2, 0.25) is 0 Å². The van der Waals surface area contributed by atoms with Gasteiger partial charge in [0.25, 0.3) is 0 Å².